The molecule has 1 aliphatic heterocycles. The number of rotatable bonds is 6. The van der Waals surface area contributed by atoms with Crippen molar-refractivity contribution in [2.75, 3.05) is 19.9 Å². The lowest BCUT2D eigenvalue weighted by atomic mass is 10.2. The summed E-state index contributed by atoms with van der Waals surface area (Å²) < 4.78 is 10.4. The topological polar surface area (TPSA) is 59.1 Å². The van der Waals surface area contributed by atoms with Crippen LogP contribution in [0, 0.1) is 0 Å². The molecule has 0 unspecified atom stereocenters. The molecule has 7 heteroatoms. The average molecular weight is 339 g/mol. The van der Waals surface area contributed by atoms with Gasteiger partial charge in [-0.05, 0) is 25.1 Å². The normalized spacial score (nSPS) is 13.3. The van der Waals surface area contributed by atoms with Crippen molar-refractivity contribution in [3.05, 3.63) is 41.2 Å². The summed E-state index contributed by atoms with van der Waals surface area (Å²) in [6.07, 6.45) is 3.56. The van der Waals surface area contributed by atoms with Crippen molar-refractivity contribution in [2.45, 2.75) is 20.4 Å². The van der Waals surface area contributed by atoms with E-state index < -0.39 is 5.97 Å². The Labute approximate surface area is 140 Å². The molecule has 0 atom stereocenters. The standard InChI is InChI=1S/C16H19ClN2O4/c1-3-22-16(21)10-23-15-5-4-14(17)8-13(15)9-18-6-7-19(11-18)12(2)20/h4-8H,3,9-11H2,1-2H3. The lowest BCUT2D eigenvalue weighted by Crippen LogP contribution is -2.28. The number of amides is 1. The van der Waals surface area contributed by atoms with Gasteiger partial charge in [-0.1, -0.05) is 11.6 Å². The molecule has 0 radical (unpaired) electrons. The number of hydrogen-bond donors (Lipinski definition) is 0. The molecule has 1 aromatic rings. The van der Waals surface area contributed by atoms with E-state index in [-0.39, 0.29) is 12.5 Å². The Balaban J connectivity index is 2.03. The monoisotopic (exact) mass is 338 g/mol. The van der Waals surface area contributed by atoms with Crippen molar-refractivity contribution < 1.29 is 19.1 Å². The molecule has 6 nitrogen and oxygen atoms in total. The van der Waals surface area contributed by atoms with E-state index in [2.05, 4.69) is 0 Å². The summed E-state index contributed by atoms with van der Waals surface area (Å²) in [7, 11) is 0. The molecule has 2 rings (SSSR count). The molecule has 0 bridgehead atoms. The largest absolute Gasteiger partial charge is 0.482 e. The van der Waals surface area contributed by atoms with Gasteiger partial charge in [-0.15, -0.1) is 0 Å². The first-order chi connectivity index (χ1) is 11.0. The van der Waals surface area contributed by atoms with Crippen molar-refractivity contribution >= 4 is 23.5 Å². The van der Waals surface area contributed by atoms with Crippen LogP contribution < -0.4 is 4.74 Å². The Bertz CT molecular complexity index is 618. The van der Waals surface area contributed by atoms with Crippen LogP contribution in [0.1, 0.15) is 19.4 Å². The summed E-state index contributed by atoms with van der Waals surface area (Å²) in [6, 6.07) is 5.21. The van der Waals surface area contributed by atoms with Crippen molar-refractivity contribution in [2.24, 2.45) is 0 Å². The fourth-order valence-corrected chi connectivity index (χ4v) is 2.34. The molecule has 0 fully saturated rings. The highest BCUT2D eigenvalue weighted by Gasteiger charge is 2.17. The molecular formula is C16H19ClN2O4. The van der Waals surface area contributed by atoms with Crippen LogP contribution in [-0.2, 0) is 20.9 Å². The number of halogens is 1. The summed E-state index contributed by atoms with van der Waals surface area (Å²) >= 11 is 6.05. The molecule has 0 N–H and O–H groups in total. The third-order valence-electron chi connectivity index (χ3n) is 3.24. The molecule has 0 aromatic heterocycles. The van der Waals surface area contributed by atoms with Crippen molar-refractivity contribution in [3.8, 4) is 5.75 Å². The second-order valence-corrected chi connectivity index (χ2v) is 5.46. The van der Waals surface area contributed by atoms with Crippen LogP contribution in [0.4, 0.5) is 0 Å². The Morgan fingerprint density at radius 3 is 2.74 bits per heavy atom. The number of benzene rings is 1. The molecule has 1 aromatic carbocycles. The molecule has 1 amide bonds. The minimum absolute atomic E-state index is 0.0198. The van der Waals surface area contributed by atoms with E-state index in [4.69, 9.17) is 21.1 Å². The molecule has 0 aliphatic carbocycles. The van der Waals surface area contributed by atoms with Crippen LogP contribution in [0.2, 0.25) is 5.02 Å². The molecule has 1 aliphatic rings. The van der Waals surface area contributed by atoms with Crippen LogP contribution in [0.25, 0.3) is 0 Å². The number of nitrogens with zero attached hydrogens (tertiary/aromatic N) is 2. The summed E-state index contributed by atoms with van der Waals surface area (Å²) in [6.45, 7) is 4.40. The highest BCUT2D eigenvalue weighted by molar-refractivity contribution is 6.30. The zero-order valence-corrected chi connectivity index (χ0v) is 13.9. The lowest BCUT2D eigenvalue weighted by molar-refractivity contribution is -0.145. The number of hydrogen-bond acceptors (Lipinski definition) is 5. The van der Waals surface area contributed by atoms with Crippen molar-refractivity contribution in [1.29, 1.82) is 0 Å². The maximum absolute atomic E-state index is 11.4. The Morgan fingerprint density at radius 1 is 1.30 bits per heavy atom. The van der Waals surface area contributed by atoms with Gasteiger partial charge in [0.25, 0.3) is 0 Å². The van der Waals surface area contributed by atoms with E-state index in [9.17, 15) is 9.59 Å². The number of ether oxygens (including phenoxy) is 2. The second kappa shape index (κ2) is 7.87. The maximum Gasteiger partial charge on any atom is 0.344 e. The smallest absolute Gasteiger partial charge is 0.344 e. The van der Waals surface area contributed by atoms with Crippen molar-refractivity contribution in [3.63, 3.8) is 0 Å². The second-order valence-electron chi connectivity index (χ2n) is 5.02. The van der Waals surface area contributed by atoms with Crippen LogP contribution in [0.15, 0.2) is 30.6 Å². The zero-order chi connectivity index (χ0) is 16.8. The van der Waals surface area contributed by atoms with Gasteiger partial charge in [-0.25, -0.2) is 4.79 Å². The van der Waals surface area contributed by atoms with Gasteiger partial charge in [0.05, 0.1) is 13.3 Å². The van der Waals surface area contributed by atoms with Gasteiger partial charge >= 0.3 is 5.97 Å². The fraction of sp³-hybridized carbons (Fsp3) is 0.375. The first-order valence-electron chi connectivity index (χ1n) is 7.26. The Morgan fingerprint density at radius 2 is 2.09 bits per heavy atom. The number of esters is 1. The van der Waals surface area contributed by atoms with Gasteiger partial charge in [-0.3, -0.25) is 9.69 Å². The van der Waals surface area contributed by atoms with Gasteiger partial charge in [0.15, 0.2) is 6.61 Å². The predicted octanol–water partition coefficient (Wildman–Crippen LogP) is 2.37. The minimum atomic E-state index is -0.419. The van der Waals surface area contributed by atoms with Gasteiger partial charge in [0, 0.05) is 36.5 Å². The van der Waals surface area contributed by atoms with E-state index >= 15 is 0 Å². The molecule has 0 saturated heterocycles. The summed E-state index contributed by atoms with van der Waals surface area (Å²) in [5.41, 5.74) is 0.830. The molecule has 0 spiro atoms. The quantitative estimate of drug-likeness (QED) is 0.745. The summed E-state index contributed by atoms with van der Waals surface area (Å²) in [4.78, 5) is 26.3. The average Bonchev–Trinajstić information content (AvgIpc) is 2.95. The summed E-state index contributed by atoms with van der Waals surface area (Å²) in [5, 5.41) is 0.579. The maximum atomic E-state index is 11.4. The van der Waals surface area contributed by atoms with Gasteiger partial charge in [0.1, 0.15) is 5.75 Å². The first kappa shape index (κ1) is 17.1. The molecule has 1 heterocycles. The van der Waals surface area contributed by atoms with Crippen LogP contribution in [-0.4, -0.2) is 41.6 Å². The molecular weight excluding hydrogens is 320 g/mol. The minimum Gasteiger partial charge on any atom is -0.482 e. The molecule has 124 valence electrons. The van der Waals surface area contributed by atoms with E-state index in [0.29, 0.717) is 30.6 Å². The highest BCUT2D eigenvalue weighted by atomic mass is 35.5. The Kier molecular flexibility index (Phi) is 5.87. The van der Waals surface area contributed by atoms with Crippen LogP contribution >= 0.6 is 11.6 Å². The van der Waals surface area contributed by atoms with Gasteiger partial charge in [-0.2, -0.15) is 0 Å². The van der Waals surface area contributed by atoms with Crippen molar-refractivity contribution in [1.82, 2.24) is 9.80 Å². The van der Waals surface area contributed by atoms with Crippen LogP contribution in [0.5, 0.6) is 5.75 Å². The Hall–Kier alpha value is -2.21. The van der Waals surface area contributed by atoms with E-state index in [1.54, 1.807) is 36.2 Å². The highest BCUT2D eigenvalue weighted by Crippen LogP contribution is 2.25. The first-order valence-corrected chi connectivity index (χ1v) is 7.64. The fourth-order valence-electron chi connectivity index (χ4n) is 2.14. The van der Waals surface area contributed by atoms with E-state index in [0.717, 1.165) is 5.56 Å². The lowest BCUT2D eigenvalue weighted by Gasteiger charge is -2.20. The summed E-state index contributed by atoms with van der Waals surface area (Å²) in [5.74, 6) is 0.128. The molecule has 23 heavy (non-hydrogen) atoms. The SMILES string of the molecule is CCOC(=O)COc1ccc(Cl)cc1CN1C=CN(C(C)=O)C1. The zero-order valence-electron chi connectivity index (χ0n) is 13.1. The van der Waals surface area contributed by atoms with E-state index in [1.807, 2.05) is 11.1 Å². The van der Waals surface area contributed by atoms with Gasteiger partial charge in [0.2, 0.25) is 5.91 Å². The third kappa shape index (κ3) is 4.89. The van der Waals surface area contributed by atoms with Gasteiger partial charge < -0.3 is 14.4 Å². The number of carbonyl (C=O) groups is 2. The van der Waals surface area contributed by atoms with E-state index in [1.165, 1.54) is 6.92 Å². The van der Waals surface area contributed by atoms with Crippen LogP contribution in [0.3, 0.4) is 0 Å². The predicted molar refractivity (Wildman–Crippen MR) is 85.7 cm³/mol. The number of carbonyl (C=O) groups excluding carboxylic acids is 2. The molecule has 0 saturated carbocycles. The third-order valence-corrected chi connectivity index (χ3v) is 3.48.